The summed E-state index contributed by atoms with van der Waals surface area (Å²) in [6, 6.07) is 0. The first kappa shape index (κ1) is 25.2. The van der Waals surface area contributed by atoms with Gasteiger partial charge in [0.15, 0.2) is 0 Å². The number of aliphatic carboxylic acids is 2. The molecule has 2 saturated heterocycles. The number of epoxide rings is 2. The third-order valence-electron chi connectivity index (χ3n) is 2.89. The van der Waals surface area contributed by atoms with Crippen LogP contribution < -0.4 is 0 Å². The SMILES string of the molecule is C(COCC1CO1)OCCOCC1CO1.C=C(C)C(=O)O.C=C(C)C(=O)O. The Bertz CT molecular complexity index is 401. The van der Waals surface area contributed by atoms with Gasteiger partial charge < -0.3 is 33.9 Å². The van der Waals surface area contributed by atoms with Gasteiger partial charge in [-0.15, -0.1) is 0 Å². The standard InChI is InChI=1S/C10H18O5.2C4H6O2/c1(3-12-5-9-7-14-9)11-2-4-13-6-10-8-15-10;2*1-3(2)4(5)6/h9-10H,1-8H2;2*1H2,2H3,(H,5,6). The van der Waals surface area contributed by atoms with Crippen LogP contribution in [0, 0.1) is 0 Å². The van der Waals surface area contributed by atoms with Gasteiger partial charge in [0, 0.05) is 11.1 Å². The Kier molecular flexibility index (Phi) is 14.3. The number of rotatable bonds is 12. The Balaban J connectivity index is 0.000000470. The number of ether oxygens (including phenoxy) is 5. The molecule has 0 amide bonds. The number of hydrogen-bond donors (Lipinski definition) is 2. The number of carbonyl (C=O) groups is 2. The van der Waals surface area contributed by atoms with Crippen LogP contribution in [-0.4, -0.2) is 87.2 Å². The fourth-order valence-corrected chi connectivity index (χ4v) is 1.10. The summed E-state index contributed by atoms with van der Waals surface area (Å²) in [5.41, 5.74) is 0.352. The van der Waals surface area contributed by atoms with Crippen molar-refractivity contribution in [3.63, 3.8) is 0 Å². The largest absolute Gasteiger partial charge is 0.478 e. The molecule has 2 aliphatic heterocycles. The predicted molar refractivity (Wildman–Crippen MR) is 96.8 cm³/mol. The van der Waals surface area contributed by atoms with Crippen LogP contribution in [-0.2, 0) is 33.3 Å². The van der Waals surface area contributed by atoms with Crippen LogP contribution in [0.3, 0.4) is 0 Å². The Morgan fingerprint density at radius 2 is 1.07 bits per heavy atom. The van der Waals surface area contributed by atoms with Crippen LogP contribution in [0.2, 0.25) is 0 Å². The van der Waals surface area contributed by atoms with E-state index in [-0.39, 0.29) is 11.1 Å². The molecule has 2 aliphatic rings. The average Bonchev–Trinajstić information content (AvgIpc) is 3.49. The third-order valence-corrected chi connectivity index (χ3v) is 2.89. The zero-order chi connectivity index (χ0) is 20.7. The molecule has 0 radical (unpaired) electrons. The summed E-state index contributed by atoms with van der Waals surface area (Å²) >= 11 is 0. The lowest BCUT2D eigenvalue weighted by Crippen LogP contribution is -2.12. The second kappa shape index (κ2) is 15.3. The van der Waals surface area contributed by atoms with E-state index in [9.17, 15) is 9.59 Å². The van der Waals surface area contributed by atoms with E-state index >= 15 is 0 Å². The minimum Gasteiger partial charge on any atom is -0.478 e. The molecule has 0 aromatic carbocycles. The van der Waals surface area contributed by atoms with Crippen molar-refractivity contribution in [2.45, 2.75) is 26.1 Å². The topological polar surface area (TPSA) is 127 Å². The summed E-state index contributed by atoms with van der Waals surface area (Å²) in [5, 5.41) is 15.8. The summed E-state index contributed by atoms with van der Waals surface area (Å²) < 4.78 is 25.9. The highest BCUT2D eigenvalue weighted by molar-refractivity contribution is 5.85. The summed E-state index contributed by atoms with van der Waals surface area (Å²) in [5.74, 6) is -1.87. The zero-order valence-corrected chi connectivity index (χ0v) is 16.0. The second-order valence-corrected chi connectivity index (χ2v) is 5.84. The van der Waals surface area contributed by atoms with E-state index in [2.05, 4.69) is 13.2 Å². The van der Waals surface area contributed by atoms with E-state index in [0.717, 1.165) is 13.2 Å². The van der Waals surface area contributed by atoms with Crippen LogP contribution in [0.1, 0.15) is 13.8 Å². The number of carboxylic acid groups (broad SMARTS) is 2. The molecule has 2 N–H and O–H groups in total. The first-order valence-corrected chi connectivity index (χ1v) is 8.48. The molecule has 0 aromatic rings. The van der Waals surface area contributed by atoms with Gasteiger partial charge in [0.1, 0.15) is 12.2 Å². The first-order chi connectivity index (χ1) is 12.7. The molecule has 0 saturated carbocycles. The summed E-state index contributed by atoms with van der Waals surface area (Å²) in [4.78, 5) is 19.2. The molecule has 0 spiro atoms. The van der Waals surface area contributed by atoms with E-state index in [1.165, 1.54) is 13.8 Å². The van der Waals surface area contributed by atoms with Gasteiger partial charge in [-0.25, -0.2) is 9.59 Å². The van der Waals surface area contributed by atoms with E-state index < -0.39 is 11.9 Å². The van der Waals surface area contributed by atoms with Crippen molar-refractivity contribution in [2.24, 2.45) is 0 Å². The summed E-state index contributed by atoms with van der Waals surface area (Å²) in [6.07, 6.45) is 0.679. The highest BCUT2D eigenvalue weighted by Crippen LogP contribution is 2.08. The van der Waals surface area contributed by atoms with Gasteiger partial charge in [-0.3, -0.25) is 0 Å². The molecule has 2 rings (SSSR count). The van der Waals surface area contributed by atoms with E-state index in [1.807, 2.05) is 0 Å². The molecular weight excluding hydrogens is 360 g/mol. The van der Waals surface area contributed by atoms with Crippen molar-refractivity contribution in [3.05, 3.63) is 24.3 Å². The van der Waals surface area contributed by atoms with Gasteiger partial charge in [0.05, 0.1) is 52.9 Å². The molecule has 2 fully saturated rings. The number of carboxylic acids is 2. The highest BCUT2D eigenvalue weighted by Gasteiger charge is 2.22. The van der Waals surface area contributed by atoms with Gasteiger partial charge in [0.2, 0.25) is 0 Å². The first-order valence-electron chi connectivity index (χ1n) is 8.48. The van der Waals surface area contributed by atoms with Gasteiger partial charge in [0.25, 0.3) is 0 Å². The maximum atomic E-state index is 9.60. The number of hydrogen-bond acceptors (Lipinski definition) is 7. The molecule has 2 unspecified atom stereocenters. The lowest BCUT2D eigenvalue weighted by molar-refractivity contribution is -0.133. The highest BCUT2D eigenvalue weighted by atomic mass is 16.6. The minimum absolute atomic E-state index is 0.176. The molecule has 0 aromatic heterocycles. The summed E-state index contributed by atoms with van der Waals surface area (Å²) in [7, 11) is 0. The van der Waals surface area contributed by atoms with Gasteiger partial charge in [-0.2, -0.15) is 0 Å². The Labute approximate surface area is 159 Å². The van der Waals surface area contributed by atoms with Crippen molar-refractivity contribution in [2.75, 3.05) is 52.9 Å². The Morgan fingerprint density at radius 3 is 1.30 bits per heavy atom. The molecule has 156 valence electrons. The molecular formula is C18H30O9. The second-order valence-electron chi connectivity index (χ2n) is 5.84. The molecule has 27 heavy (non-hydrogen) atoms. The smallest absolute Gasteiger partial charge is 0.330 e. The lowest BCUT2D eigenvalue weighted by Gasteiger charge is -2.05. The van der Waals surface area contributed by atoms with Crippen molar-refractivity contribution >= 4 is 11.9 Å². The molecule has 0 aliphatic carbocycles. The van der Waals surface area contributed by atoms with Crippen LogP contribution >= 0.6 is 0 Å². The van der Waals surface area contributed by atoms with Crippen LogP contribution in [0.25, 0.3) is 0 Å². The normalized spacial score (nSPS) is 18.9. The van der Waals surface area contributed by atoms with E-state index in [0.29, 0.717) is 51.8 Å². The van der Waals surface area contributed by atoms with E-state index in [1.54, 1.807) is 0 Å². The zero-order valence-electron chi connectivity index (χ0n) is 16.0. The molecule has 9 heteroatoms. The monoisotopic (exact) mass is 390 g/mol. The lowest BCUT2D eigenvalue weighted by atomic mass is 10.4. The van der Waals surface area contributed by atoms with Crippen molar-refractivity contribution < 1.29 is 43.5 Å². The molecule has 2 heterocycles. The Hall–Kier alpha value is -1.78. The quantitative estimate of drug-likeness (QED) is 0.286. The van der Waals surface area contributed by atoms with Crippen molar-refractivity contribution in [1.82, 2.24) is 0 Å². The van der Waals surface area contributed by atoms with Crippen molar-refractivity contribution in [1.29, 1.82) is 0 Å². The maximum absolute atomic E-state index is 9.60. The Morgan fingerprint density at radius 1 is 0.815 bits per heavy atom. The van der Waals surface area contributed by atoms with Crippen molar-refractivity contribution in [3.8, 4) is 0 Å². The summed E-state index contributed by atoms with van der Waals surface area (Å²) in [6.45, 7) is 14.8. The fraction of sp³-hybridized carbons (Fsp3) is 0.667. The third kappa shape index (κ3) is 20.4. The van der Waals surface area contributed by atoms with Gasteiger partial charge in [-0.05, 0) is 13.8 Å². The molecule has 2 atom stereocenters. The fourth-order valence-electron chi connectivity index (χ4n) is 1.10. The van der Waals surface area contributed by atoms with Crippen LogP contribution in [0.15, 0.2) is 24.3 Å². The van der Waals surface area contributed by atoms with Gasteiger partial charge >= 0.3 is 11.9 Å². The van der Waals surface area contributed by atoms with Gasteiger partial charge in [-0.1, -0.05) is 13.2 Å². The maximum Gasteiger partial charge on any atom is 0.330 e. The molecule has 9 nitrogen and oxygen atoms in total. The molecule has 0 bridgehead atoms. The van der Waals surface area contributed by atoms with E-state index in [4.69, 9.17) is 33.9 Å². The van der Waals surface area contributed by atoms with Crippen LogP contribution in [0.4, 0.5) is 0 Å². The average molecular weight is 390 g/mol. The predicted octanol–water partition coefficient (Wildman–Crippen LogP) is 1.13. The minimum atomic E-state index is -0.935. The van der Waals surface area contributed by atoms with Crippen LogP contribution in [0.5, 0.6) is 0 Å².